The molecule has 1 aromatic heterocycles. The summed E-state index contributed by atoms with van der Waals surface area (Å²) in [5, 5.41) is 4.56. The zero-order valence-electron chi connectivity index (χ0n) is 20.3. The number of ether oxygens (including phenoxy) is 1. The van der Waals surface area contributed by atoms with Gasteiger partial charge in [-0.2, -0.15) is 9.78 Å². The van der Waals surface area contributed by atoms with Crippen molar-refractivity contribution >= 4 is 5.69 Å². The third-order valence-electron chi connectivity index (χ3n) is 8.20. The Hall–Kier alpha value is -3.12. The number of anilines is 1. The summed E-state index contributed by atoms with van der Waals surface area (Å²) in [6.45, 7) is 5.19. The number of hydrogen-bond donors (Lipinski definition) is 0. The van der Waals surface area contributed by atoms with E-state index < -0.39 is 0 Å². The Balaban J connectivity index is 1.22. The summed E-state index contributed by atoms with van der Waals surface area (Å²) in [5.74, 6) is 2.66. The molecule has 2 aliphatic carbocycles. The van der Waals surface area contributed by atoms with Crippen LogP contribution in [-0.4, -0.2) is 47.5 Å². The Labute approximate surface area is 207 Å². The fraction of sp³-hybridized carbons (Fsp3) is 0.448. The predicted molar refractivity (Wildman–Crippen MR) is 138 cm³/mol. The standard InChI is InChI=1S/C29H34N4O2/c34-29-28(35-21-25-18-23-11-12-24(25)17-23)27(19-30-33(29)26-9-5-2-6-10-26)32-15-13-31(14-16-32)20-22-7-3-1-4-8-22/h1-10,19,23-25H,11-18,20-21H2. The van der Waals surface area contributed by atoms with Crippen molar-refractivity contribution in [3.8, 4) is 11.4 Å². The molecule has 6 nitrogen and oxygen atoms in total. The minimum absolute atomic E-state index is 0.163. The molecule has 0 N–H and O–H groups in total. The fourth-order valence-corrected chi connectivity index (χ4v) is 6.30. The number of benzene rings is 2. The van der Waals surface area contributed by atoms with E-state index in [4.69, 9.17) is 4.74 Å². The lowest BCUT2D eigenvalue weighted by Gasteiger charge is -2.36. The van der Waals surface area contributed by atoms with Gasteiger partial charge in [-0.05, 0) is 54.7 Å². The van der Waals surface area contributed by atoms with Crippen LogP contribution in [0.15, 0.2) is 71.7 Å². The molecule has 3 aliphatic rings. The number of nitrogens with zero attached hydrogens (tertiary/aromatic N) is 4. The smallest absolute Gasteiger partial charge is 0.316 e. The summed E-state index contributed by atoms with van der Waals surface area (Å²) in [6.07, 6.45) is 7.11. The molecule has 3 fully saturated rings. The predicted octanol–water partition coefficient (Wildman–Crippen LogP) is 4.37. The van der Waals surface area contributed by atoms with Crippen LogP contribution in [0.25, 0.3) is 5.69 Å². The molecule has 0 spiro atoms. The number of hydrogen-bond acceptors (Lipinski definition) is 5. The molecule has 1 saturated heterocycles. The highest BCUT2D eigenvalue weighted by Crippen LogP contribution is 2.48. The van der Waals surface area contributed by atoms with Crippen molar-refractivity contribution in [3.63, 3.8) is 0 Å². The first-order chi connectivity index (χ1) is 17.2. The van der Waals surface area contributed by atoms with Gasteiger partial charge in [-0.25, -0.2) is 0 Å². The first-order valence-electron chi connectivity index (χ1n) is 13.1. The van der Waals surface area contributed by atoms with E-state index in [1.807, 2.05) is 36.5 Å². The zero-order valence-corrected chi connectivity index (χ0v) is 20.3. The number of piperazine rings is 1. The van der Waals surface area contributed by atoms with Crippen molar-refractivity contribution in [2.24, 2.45) is 17.8 Å². The summed E-state index contributed by atoms with van der Waals surface area (Å²) in [6, 6.07) is 20.2. The zero-order chi connectivity index (χ0) is 23.6. The lowest BCUT2D eigenvalue weighted by Crippen LogP contribution is -2.46. The quantitative estimate of drug-likeness (QED) is 0.513. The topological polar surface area (TPSA) is 50.6 Å². The van der Waals surface area contributed by atoms with Crippen molar-refractivity contribution < 1.29 is 4.74 Å². The van der Waals surface area contributed by atoms with Crippen LogP contribution in [0.3, 0.4) is 0 Å². The number of rotatable bonds is 7. The van der Waals surface area contributed by atoms with Gasteiger partial charge in [0.15, 0.2) is 0 Å². The van der Waals surface area contributed by atoms with Crippen LogP contribution >= 0.6 is 0 Å². The van der Waals surface area contributed by atoms with Crippen LogP contribution in [0.5, 0.6) is 5.75 Å². The van der Waals surface area contributed by atoms with Gasteiger partial charge in [-0.3, -0.25) is 9.69 Å². The molecule has 35 heavy (non-hydrogen) atoms. The molecule has 6 rings (SSSR count). The minimum atomic E-state index is -0.163. The SMILES string of the molecule is O=c1c(OCC2CC3CCC2C3)c(N2CCN(Cc3ccccc3)CC2)cnn1-c1ccccc1. The molecule has 1 aliphatic heterocycles. The summed E-state index contributed by atoms with van der Waals surface area (Å²) in [5.41, 5.74) is 2.78. The third kappa shape index (κ3) is 4.72. The molecular weight excluding hydrogens is 436 g/mol. The van der Waals surface area contributed by atoms with Crippen LogP contribution in [0.1, 0.15) is 31.2 Å². The van der Waals surface area contributed by atoms with Gasteiger partial charge in [0.25, 0.3) is 0 Å². The number of para-hydroxylation sites is 1. The van der Waals surface area contributed by atoms with Crippen molar-refractivity contribution in [1.82, 2.24) is 14.7 Å². The third-order valence-corrected chi connectivity index (χ3v) is 8.20. The monoisotopic (exact) mass is 470 g/mol. The van der Waals surface area contributed by atoms with Crippen LogP contribution < -0.4 is 15.2 Å². The molecular formula is C29H34N4O2. The van der Waals surface area contributed by atoms with Crippen molar-refractivity contribution in [1.29, 1.82) is 0 Å². The van der Waals surface area contributed by atoms with Gasteiger partial charge in [0.05, 0.1) is 18.5 Å². The maximum atomic E-state index is 13.6. The molecule has 3 atom stereocenters. The molecule has 2 heterocycles. The molecule has 3 aromatic rings. The van der Waals surface area contributed by atoms with Gasteiger partial charge in [-0.1, -0.05) is 55.0 Å². The first kappa shape index (κ1) is 22.4. The van der Waals surface area contributed by atoms with Crippen LogP contribution in [-0.2, 0) is 6.54 Å². The Morgan fingerprint density at radius 2 is 1.63 bits per heavy atom. The number of aromatic nitrogens is 2. The van der Waals surface area contributed by atoms with Gasteiger partial charge in [0, 0.05) is 32.7 Å². The second-order valence-corrected chi connectivity index (χ2v) is 10.4. The van der Waals surface area contributed by atoms with Gasteiger partial charge < -0.3 is 9.64 Å². The normalized spacial score (nSPS) is 24.1. The average Bonchev–Trinajstić information content (AvgIpc) is 3.53. The molecule has 2 bridgehead atoms. The molecule has 2 aromatic carbocycles. The van der Waals surface area contributed by atoms with Crippen molar-refractivity contribution in [2.75, 3.05) is 37.7 Å². The highest BCUT2D eigenvalue weighted by atomic mass is 16.5. The van der Waals surface area contributed by atoms with E-state index in [2.05, 4.69) is 45.2 Å². The van der Waals surface area contributed by atoms with Gasteiger partial charge in [0.1, 0.15) is 5.69 Å². The minimum Gasteiger partial charge on any atom is -0.486 e. The first-order valence-corrected chi connectivity index (χ1v) is 13.1. The van der Waals surface area contributed by atoms with Crippen LogP contribution in [0, 0.1) is 17.8 Å². The van der Waals surface area contributed by atoms with E-state index in [9.17, 15) is 4.79 Å². The molecule has 182 valence electrons. The largest absolute Gasteiger partial charge is 0.486 e. The average molecular weight is 471 g/mol. The van der Waals surface area contributed by atoms with Gasteiger partial charge >= 0.3 is 5.56 Å². The summed E-state index contributed by atoms with van der Waals surface area (Å²) >= 11 is 0. The fourth-order valence-electron chi connectivity index (χ4n) is 6.30. The maximum Gasteiger partial charge on any atom is 0.316 e. The highest BCUT2D eigenvalue weighted by Gasteiger charge is 2.40. The Kier molecular flexibility index (Phi) is 6.30. The molecule has 2 saturated carbocycles. The molecule has 0 radical (unpaired) electrons. The highest BCUT2D eigenvalue weighted by molar-refractivity contribution is 5.57. The molecule has 0 amide bonds. The summed E-state index contributed by atoms with van der Waals surface area (Å²) < 4.78 is 7.89. The van der Waals surface area contributed by atoms with E-state index in [0.717, 1.165) is 55.9 Å². The summed E-state index contributed by atoms with van der Waals surface area (Å²) in [4.78, 5) is 18.4. The lowest BCUT2D eigenvalue weighted by atomic mass is 9.89. The van der Waals surface area contributed by atoms with E-state index >= 15 is 0 Å². The Morgan fingerprint density at radius 3 is 2.31 bits per heavy atom. The lowest BCUT2D eigenvalue weighted by molar-refractivity contribution is 0.192. The van der Waals surface area contributed by atoms with E-state index in [1.54, 1.807) is 0 Å². The van der Waals surface area contributed by atoms with Crippen LogP contribution in [0.4, 0.5) is 5.69 Å². The van der Waals surface area contributed by atoms with Gasteiger partial charge in [0.2, 0.25) is 5.75 Å². The van der Waals surface area contributed by atoms with E-state index in [1.165, 1.54) is 35.9 Å². The second-order valence-electron chi connectivity index (χ2n) is 10.4. The van der Waals surface area contributed by atoms with Crippen LogP contribution in [0.2, 0.25) is 0 Å². The second kappa shape index (κ2) is 9.86. The summed E-state index contributed by atoms with van der Waals surface area (Å²) in [7, 11) is 0. The maximum absolute atomic E-state index is 13.6. The molecule has 6 heteroatoms. The van der Waals surface area contributed by atoms with E-state index in [0.29, 0.717) is 18.3 Å². The number of fused-ring (bicyclic) bond motifs is 2. The van der Waals surface area contributed by atoms with Gasteiger partial charge in [-0.15, -0.1) is 0 Å². The Morgan fingerprint density at radius 1 is 0.886 bits per heavy atom. The Bertz CT molecular complexity index is 1190. The van der Waals surface area contributed by atoms with E-state index in [-0.39, 0.29) is 5.56 Å². The van der Waals surface area contributed by atoms with Crippen molar-refractivity contribution in [3.05, 3.63) is 82.8 Å². The molecule has 3 unspecified atom stereocenters. The van der Waals surface area contributed by atoms with Crippen molar-refractivity contribution in [2.45, 2.75) is 32.2 Å².